The summed E-state index contributed by atoms with van der Waals surface area (Å²) < 4.78 is 18.0. The molecule has 1 aromatic carbocycles. The van der Waals surface area contributed by atoms with Gasteiger partial charge >= 0.3 is 0 Å². The largest absolute Gasteiger partial charge is 0.443 e. The fraction of sp³-hybridized carbons (Fsp3) is 0.333. The Labute approximate surface area is 90.4 Å². The zero-order valence-electron chi connectivity index (χ0n) is 8.63. The van der Waals surface area contributed by atoms with Crippen LogP contribution in [0.2, 0.25) is 0 Å². The molecule has 0 bridgehead atoms. The number of hydrogen-bond acceptors (Lipinski definition) is 2. The van der Waals surface area contributed by atoms with Gasteiger partial charge in [0.2, 0.25) is 7.37 Å². The number of benzene rings is 1. The predicted octanol–water partition coefficient (Wildman–Crippen LogP) is 3.69. The average molecular weight is 222 g/mol. The molecule has 0 fully saturated rings. The van der Waals surface area contributed by atoms with Crippen LogP contribution in [0.4, 0.5) is 0 Å². The van der Waals surface area contributed by atoms with Crippen LogP contribution < -0.4 is 4.52 Å². The quantitative estimate of drug-likeness (QED) is 0.563. The van der Waals surface area contributed by atoms with Crippen LogP contribution in [-0.4, -0.2) is 12.3 Å². The van der Waals surface area contributed by atoms with Crippen LogP contribution >= 0.6 is 7.37 Å². The Bertz CT molecular complexity index is 370. The third kappa shape index (κ3) is 2.97. The van der Waals surface area contributed by atoms with Gasteiger partial charge in [-0.15, -0.1) is 0 Å². The van der Waals surface area contributed by atoms with E-state index in [-0.39, 0.29) is 0 Å². The average Bonchev–Trinajstić information content (AvgIpc) is 2.45. The van der Waals surface area contributed by atoms with Crippen LogP contribution in [0.15, 0.2) is 42.5 Å². The van der Waals surface area contributed by atoms with Gasteiger partial charge in [0.25, 0.3) is 0 Å². The first-order valence-corrected chi connectivity index (χ1v) is 7.26. The molecule has 1 aromatic rings. The van der Waals surface area contributed by atoms with E-state index in [1.165, 1.54) is 0 Å². The summed E-state index contributed by atoms with van der Waals surface area (Å²) in [5.74, 6) is 0.725. The van der Waals surface area contributed by atoms with Crippen LogP contribution in [0.1, 0.15) is 12.8 Å². The maximum absolute atomic E-state index is 12.4. The van der Waals surface area contributed by atoms with Crippen LogP contribution in [-0.2, 0) is 4.57 Å². The highest BCUT2D eigenvalue weighted by Gasteiger charge is 2.24. The standard InChI is InChI=1S/C12H15O2P/c13-15(10-6-1-2-7-11-15)14-12-8-4-3-5-9-12/h1-5,8-9H,6-7,10-11H2. The Kier molecular flexibility index (Phi) is 3.27. The molecule has 0 amide bonds. The highest BCUT2D eigenvalue weighted by Crippen LogP contribution is 2.49. The SMILES string of the molecule is O=P1(Oc2ccccc2)CCC=CCC1. The van der Waals surface area contributed by atoms with Gasteiger partial charge in [-0.25, -0.2) is 0 Å². The lowest BCUT2D eigenvalue weighted by Crippen LogP contribution is -2.00. The maximum atomic E-state index is 12.4. The molecule has 1 aliphatic rings. The highest BCUT2D eigenvalue weighted by atomic mass is 31.2. The molecule has 1 aliphatic heterocycles. The van der Waals surface area contributed by atoms with Crippen molar-refractivity contribution < 1.29 is 9.09 Å². The Hall–Kier alpha value is -1.01. The molecular weight excluding hydrogens is 207 g/mol. The molecule has 0 spiro atoms. The normalized spacial score (nSPS) is 19.5. The summed E-state index contributed by atoms with van der Waals surface area (Å²) in [5.41, 5.74) is 0. The van der Waals surface area contributed by atoms with E-state index in [0.717, 1.165) is 18.6 Å². The van der Waals surface area contributed by atoms with Crippen molar-refractivity contribution in [2.75, 3.05) is 12.3 Å². The number of rotatable bonds is 2. The smallest absolute Gasteiger partial charge is 0.248 e. The van der Waals surface area contributed by atoms with Gasteiger partial charge in [0.05, 0.1) is 0 Å². The molecule has 0 atom stereocenters. The molecule has 0 aliphatic carbocycles. The third-order valence-corrected chi connectivity index (χ3v) is 4.88. The molecule has 0 radical (unpaired) electrons. The summed E-state index contributed by atoms with van der Waals surface area (Å²) in [7, 11) is -2.44. The summed E-state index contributed by atoms with van der Waals surface area (Å²) in [4.78, 5) is 0. The Balaban J connectivity index is 2.07. The van der Waals surface area contributed by atoms with E-state index >= 15 is 0 Å². The van der Waals surface area contributed by atoms with E-state index in [9.17, 15) is 4.57 Å². The first-order valence-electron chi connectivity index (χ1n) is 5.26. The van der Waals surface area contributed by atoms with Gasteiger partial charge in [0.1, 0.15) is 5.75 Å². The van der Waals surface area contributed by atoms with Gasteiger partial charge in [0.15, 0.2) is 0 Å². The molecular formula is C12H15O2P. The molecule has 0 saturated carbocycles. The second-order valence-corrected chi connectivity index (χ2v) is 6.42. The van der Waals surface area contributed by atoms with E-state index in [4.69, 9.17) is 4.52 Å². The highest BCUT2D eigenvalue weighted by molar-refractivity contribution is 7.59. The Morgan fingerprint density at radius 2 is 1.60 bits per heavy atom. The van der Waals surface area contributed by atoms with Crippen LogP contribution in [0.5, 0.6) is 5.75 Å². The van der Waals surface area contributed by atoms with E-state index < -0.39 is 7.37 Å². The molecule has 2 rings (SSSR count). The molecule has 0 aromatic heterocycles. The van der Waals surface area contributed by atoms with Gasteiger partial charge in [-0.1, -0.05) is 30.4 Å². The first-order chi connectivity index (χ1) is 7.29. The minimum atomic E-state index is -2.44. The molecule has 2 nitrogen and oxygen atoms in total. The first kappa shape index (κ1) is 10.5. The van der Waals surface area contributed by atoms with Gasteiger partial charge in [-0.05, 0) is 25.0 Å². The van der Waals surface area contributed by atoms with Crippen molar-refractivity contribution >= 4 is 7.37 Å². The number of para-hydroxylation sites is 1. The predicted molar refractivity (Wildman–Crippen MR) is 62.8 cm³/mol. The minimum Gasteiger partial charge on any atom is -0.443 e. The van der Waals surface area contributed by atoms with Crippen molar-refractivity contribution in [2.45, 2.75) is 12.8 Å². The lowest BCUT2D eigenvalue weighted by atomic mass is 10.3. The Morgan fingerprint density at radius 3 is 2.20 bits per heavy atom. The minimum absolute atomic E-state index is 0.665. The third-order valence-electron chi connectivity index (χ3n) is 2.45. The summed E-state index contributed by atoms with van der Waals surface area (Å²) in [5, 5.41) is 0. The van der Waals surface area contributed by atoms with E-state index in [1.54, 1.807) is 0 Å². The molecule has 1 heterocycles. The second-order valence-electron chi connectivity index (χ2n) is 3.71. The van der Waals surface area contributed by atoms with Crippen LogP contribution in [0.3, 0.4) is 0 Å². The lowest BCUT2D eigenvalue weighted by Gasteiger charge is -2.17. The fourth-order valence-electron chi connectivity index (χ4n) is 1.65. The Morgan fingerprint density at radius 1 is 1.00 bits per heavy atom. The van der Waals surface area contributed by atoms with Crippen molar-refractivity contribution in [3.8, 4) is 5.75 Å². The van der Waals surface area contributed by atoms with Crippen molar-refractivity contribution in [2.24, 2.45) is 0 Å². The van der Waals surface area contributed by atoms with Crippen LogP contribution in [0.25, 0.3) is 0 Å². The van der Waals surface area contributed by atoms with Gasteiger partial charge in [-0.3, -0.25) is 4.57 Å². The topological polar surface area (TPSA) is 26.3 Å². The zero-order valence-corrected chi connectivity index (χ0v) is 9.53. The molecule has 15 heavy (non-hydrogen) atoms. The summed E-state index contributed by atoms with van der Waals surface area (Å²) in [6.45, 7) is 0. The summed E-state index contributed by atoms with van der Waals surface area (Å²) in [6.07, 6.45) is 7.24. The molecule has 0 saturated heterocycles. The monoisotopic (exact) mass is 222 g/mol. The number of allylic oxidation sites excluding steroid dienone is 2. The molecule has 0 unspecified atom stereocenters. The molecule has 3 heteroatoms. The van der Waals surface area contributed by atoms with E-state index in [0.29, 0.717) is 12.3 Å². The van der Waals surface area contributed by atoms with Crippen molar-refractivity contribution in [1.29, 1.82) is 0 Å². The van der Waals surface area contributed by atoms with Crippen molar-refractivity contribution in [1.82, 2.24) is 0 Å². The summed E-state index contributed by atoms with van der Waals surface area (Å²) >= 11 is 0. The van der Waals surface area contributed by atoms with E-state index in [2.05, 4.69) is 12.2 Å². The van der Waals surface area contributed by atoms with E-state index in [1.807, 2.05) is 30.3 Å². The molecule has 0 N–H and O–H groups in total. The maximum Gasteiger partial charge on any atom is 0.248 e. The fourth-order valence-corrected chi connectivity index (χ4v) is 3.65. The van der Waals surface area contributed by atoms with Gasteiger partial charge in [-0.2, -0.15) is 0 Å². The van der Waals surface area contributed by atoms with Gasteiger partial charge < -0.3 is 4.52 Å². The zero-order chi connectivity index (χ0) is 10.6. The van der Waals surface area contributed by atoms with Crippen LogP contribution in [0, 0.1) is 0 Å². The second kappa shape index (κ2) is 4.67. The molecule has 80 valence electrons. The lowest BCUT2D eigenvalue weighted by molar-refractivity contribution is 0.482. The van der Waals surface area contributed by atoms with Crippen molar-refractivity contribution in [3.05, 3.63) is 42.5 Å². The van der Waals surface area contributed by atoms with Gasteiger partial charge in [0, 0.05) is 12.3 Å². The van der Waals surface area contributed by atoms with Crippen molar-refractivity contribution in [3.63, 3.8) is 0 Å². The number of hydrogen-bond donors (Lipinski definition) is 0. The summed E-state index contributed by atoms with van der Waals surface area (Å²) in [6, 6.07) is 9.45.